The molecule has 1 aromatic rings. The van der Waals surface area contributed by atoms with Crippen LogP contribution in [0, 0.1) is 0 Å². The van der Waals surface area contributed by atoms with Gasteiger partial charge in [0.2, 0.25) is 0 Å². The second-order valence-electron chi connectivity index (χ2n) is 4.00. The number of ether oxygens (including phenoxy) is 3. The summed E-state index contributed by atoms with van der Waals surface area (Å²) in [6.07, 6.45) is 0.433. The summed E-state index contributed by atoms with van der Waals surface area (Å²) in [5.74, 6) is 0. The molecule has 2 unspecified atom stereocenters. The number of hydrogen-bond acceptors (Lipinski definition) is 3. The molecule has 0 aromatic heterocycles. The topological polar surface area (TPSA) is 27.7 Å². The second kappa shape index (κ2) is 3.93. The Balaban J connectivity index is 1.59. The van der Waals surface area contributed by atoms with Gasteiger partial charge in [-0.2, -0.15) is 0 Å². The van der Waals surface area contributed by atoms with Gasteiger partial charge in [-0.25, -0.2) is 0 Å². The van der Waals surface area contributed by atoms with E-state index in [1.54, 1.807) is 0 Å². The highest BCUT2D eigenvalue weighted by atomic mass is 16.6. The standard InChI is InChI=1S/C12H14O3/c1-2-4-9(5-3-1)6-15-12-10-7-13-11(12)8-14-10/h1-5,10-12H,6-8H2/t10-,11?,12?/m1/s1. The van der Waals surface area contributed by atoms with Crippen molar-refractivity contribution in [1.29, 1.82) is 0 Å². The van der Waals surface area contributed by atoms with Crippen molar-refractivity contribution in [2.24, 2.45) is 0 Å². The first kappa shape index (κ1) is 9.33. The molecule has 3 atom stereocenters. The van der Waals surface area contributed by atoms with Gasteiger partial charge in [0.15, 0.2) is 0 Å². The van der Waals surface area contributed by atoms with Gasteiger partial charge in [0, 0.05) is 0 Å². The minimum atomic E-state index is 0.130. The number of hydrogen-bond donors (Lipinski definition) is 0. The number of rotatable bonds is 3. The molecule has 0 saturated carbocycles. The molecular formula is C12H14O3. The first-order valence-corrected chi connectivity index (χ1v) is 5.32. The zero-order valence-electron chi connectivity index (χ0n) is 8.46. The fourth-order valence-corrected chi connectivity index (χ4v) is 2.13. The van der Waals surface area contributed by atoms with E-state index in [2.05, 4.69) is 12.1 Å². The highest BCUT2D eigenvalue weighted by Crippen LogP contribution is 2.28. The predicted molar refractivity (Wildman–Crippen MR) is 54.5 cm³/mol. The lowest BCUT2D eigenvalue weighted by Gasteiger charge is -2.12. The van der Waals surface area contributed by atoms with Gasteiger partial charge < -0.3 is 14.2 Å². The molecule has 0 aliphatic carbocycles. The molecule has 2 aliphatic rings. The van der Waals surface area contributed by atoms with Crippen molar-refractivity contribution in [1.82, 2.24) is 0 Å². The van der Waals surface area contributed by atoms with E-state index in [-0.39, 0.29) is 18.3 Å². The third-order valence-corrected chi connectivity index (χ3v) is 2.97. The van der Waals surface area contributed by atoms with Crippen molar-refractivity contribution < 1.29 is 14.2 Å². The first-order chi connectivity index (χ1) is 7.43. The van der Waals surface area contributed by atoms with Gasteiger partial charge in [0.05, 0.1) is 19.8 Å². The van der Waals surface area contributed by atoms with Gasteiger partial charge in [-0.05, 0) is 5.56 Å². The van der Waals surface area contributed by atoms with Crippen LogP contribution in [0.3, 0.4) is 0 Å². The molecule has 3 rings (SSSR count). The molecular weight excluding hydrogens is 192 g/mol. The number of fused-ring (bicyclic) bond motifs is 2. The maximum atomic E-state index is 5.83. The van der Waals surface area contributed by atoms with Crippen molar-refractivity contribution >= 4 is 0 Å². The van der Waals surface area contributed by atoms with Crippen LogP contribution in [0.1, 0.15) is 5.56 Å². The maximum absolute atomic E-state index is 5.83. The third-order valence-electron chi connectivity index (χ3n) is 2.97. The highest BCUT2D eigenvalue weighted by Gasteiger charge is 2.45. The van der Waals surface area contributed by atoms with Gasteiger partial charge in [0.1, 0.15) is 18.3 Å². The van der Waals surface area contributed by atoms with Gasteiger partial charge in [-0.3, -0.25) is 0 Å². The zero-order valence-corrected chi connectivity index (χ0v) is 8.46. The van der Waals surface area contributed by atoms with Crippen LogP contribution in [-0.2, 0) is 20.8 Å². The third kappa shape index (κ3) is 1.78. The SMILES string of the molecule is c1ccc(COC2C3CO[C@@H]2CO3)cc1. The van der Waals surface area contributed by atoms with E-state index >= 15 is 0 Å². The average molecular weight is 206 g/mol. The molecule has 2 heterocycles. The van der Waals surface area contributed by atoms with Crippen LogP contribution in [0.15, 0.2) is 30.3 Å². The second-order valence-corrected chi connectivity index (χ2v) is 4.00. The lowest BCUT2D eigenvalue weighted by molar-refractivity contribution is -0.0376. The summed E-state index contributed by atoms with van der Waals surface area (Å²) in [6, 6.07) is 10.2. The fourth-order valence-electron chi connectivity index (χ4n) is 2.13. The van der Waals surface area contributed by atoms with Gasteiger partial charge >= 0.3 is 0 Å². The fraction of sp³-hybridized carbons (Fsp3) is 0.500. The van der Waals surface area contributed by atoms with Crippen LogP contribution in [0.2, 0.25) is 0 Å². The summed E-state index contributed by atoms with van der Waals surface area (Å²) in [6.45, 7) is 2.01. The Hall–Kier alpha value is -0.900. The largest absolute Gasteiger partial charge is 0.370 e. The van der Waals surface area contributed by atoms with Crippen LogP contribution in [0.4, 0.5) is 0 Å². The maximum Gasteiger partial charge on any atom is 0.115 e. The van der Waals surface area contributed by atoms with Gasteiger partial charge in [0.25, 0.3) is 0 Å². The van der Waals surface area contributed by atoms with Gasteiger partial charge in [-0.15, -0.1) is 0 Å². The summed E-state index contributed by atoms with van der Waals surface area (Å²) in [5, 5.41) is 0. The molecule has 1 aromatic carbocycles. The number of benzene rings is 1. The predicted octanol–water partition coefficient (Wildman–Crippen LogP) is 1.37. The van der Waals surface area contributed by atoms with E-state index < -0.39 is 0 Å². The summed E-state index contributed by atoms with van der Waals surface area (Å²) in [7, 11) is 0. The molecule has 0 spiro atoms. The van der Waals surface area contributed by atoms with E-state index in [0.29, 0.717) is 19.8 Å². The molecule has 2 aliphatic heterocycles. The van der Waals surface area contributed by atoms with Gasteiger partial charge in [-0.1, -0.05) is 30.3 Å². The van der Waals surface area contributed by atoms with E-state index in [1.807, 2.05) is 18.2 Å². The molecule has 15 heavy (non-hydrogen) atoms. The molecule has 2 saturated heterocycles. The minimum absolute atomic E-state index is 0.130. The Kier molecular flexibility index (Phi) is 2.44. The Labute approximate surface area is 89.0 Å². The van der Waals surface area contributed by atoms with Crippen molar-refractivity contribution in [2.45, 2.75) is 24.9 Å². The molecule has 80 valence electrons. The van der Waals surface area contributed by atoms with Crippen LogP contribution in [0.5, 0.6) is 0 Å². The minimum Gasteiger partial charge on any atom is -0.370 e. The first-order valence-electron chi connectivity index (χ1n) is 5.32. The molecule has 3 nitrogen and oxygen atoms in total. The van der Waals surface area contributed by atoms with Crippen LogP contribution < -0.4 is 0 Å². The van der Waals surface area contributed by atoms with Crippen LogP contribution >= 0.6 is 0 Å². The Morgan fingerprint density at radius 1 is 1.07 bits per heavy atom. The summed E-state index contributed by atoms with van der Waals surface area (Å²) < 4.78 is 16.8. The van der Waals surface area contributed by atoms with Crippen molar-refractivity contribution in [3.63, 3.8) is 0 Å². The lowest BCUT2D eigenvalue weighted by Crippen LogP contribution is -2.26. The molecule has 0 amide bonds. The zero-order chi connectivity index (χ0) is 10.1. The molecule has 2 bridgehead atoms. The Morgan fingerprint density at radius 3 is 2.33 bits per heavy atom. The quantitative estimate of drug-likeness (QED) is 0.747. The summed E-state index contributed by atoms with van der Waals surface area (Å²) in [5.41, 5.74) is 1.20. The normalized spacial score (nSPS) is 33.5. The van der Waals surface area contributed by atoms with Crippen LogP contribution in [-0.4, -0.2) is 31.5 Å². The van der Waals surface area contributed by atoms with E-state index in [0.717, 1.165) is 0 Å². The van der Waals surface area contributed by atoms with Crippen LogP contribution in [0.25, 0.3) is 0 Å². The van der Waals surface area contributed by atoms with Crippen molar-refractivity contribution in [3.05, 3.63) is 35.9 Å². The molecule has 2 fully saturated rings. The smallest absolute Gasteiger partial charge is 0.115 e. The summed E-state index contributed by atoms with van der Waals surface area (Å²) >= 11 is 0. The molecule has 0 radical (unpaired) electrons. The highest BCUT2D eigenvalue weighted by molar-refractivity contribution is 5.13. The van der Waals surface area contributed by atoms with E-state index in [4.69, 9.17) is 14.2 Å². The molecule has 0 N–H and O–H groups in total. The van der Waals surface area contributed by atoms with E-state index in [9.17, 15) is 0 Å². The molecule has 3 heteroatoms. The Bertz CT molecular complexity index is 305. The van der Waals surface area contributed by atoms with Crippen molar-refractivity contribution in [2.75, 3.05) is 13.2 Å². The summed E-state index contributed by atoms with van der Waals surface area (Å²) in [4.78, 5) is 0. The average Bonchev–Trinajstić information content (AvgIpc) is 2.87. The Morgan fingerprint density at radius 2 is 1.73 bits per heavy atom. The van der Waals surface area contributed by atoms with E-state index in [1.165, 1.54) is 5.56 Å². The lowest BCUT2D eigenvalue weighted by atomic mass is 10.2. The monoisotopic (exact) mass is 206 g/mol. The van der Waals surface area contributed by atoms with Crippen molar-refractivity contribution in [3.8, 4) is 0 Å².